The number of halogens is 1. The number of nitrogen functional groups attached to an aromatic ring is 1. The van der Waals surface area contributed by atoms with Crippen LogP contribution in [-0.4, -0.2) is 10.8 Å². The van der Waals surface area contributed by atoms with Crippen molar-refractivity contribution in [3.05, 3.63) is 63.5 Å². The van der Waals surface area contributed by atoms with Crippen molar-refractivity contribution in [2.24, 2.45) is 0 Å². The Balaban J connectivity index is 2.36. The lowest BCUT2D eigenvalue weighted by atomic mass is 10.1. The van der Waals surface area contributed by atoms with Gasteiger partial charge in [0.2, 0.25) is 0 Å². The van der Waals surface area contributed by atoms with Crippen LogP contribution in [0.5, 0.6) is 0 Å². The predicted molar refractivity (Wildman–Crippen MR) is 76.6 cm³/mol. The van der Waals surface area contributed by atoms with Crippen LogP contribution in [-0.2, 0) is 0 Å². The summed E-state index contributed by atoms with van der Waals surface area (Å²) in [4.78, 5) is 22.2. The number of rotatable bonds is 3. The van der Waals surface area contributed by atoms with Gasteiger partial charge in [-0.1, -0.05) is 6.07 Å². The van der Waals surface area contributed by atoms with Crippen LogP contribution in [0.2, 0.25) is 0 Å². The standard InChI is InChI=1S/C14H12FN3O3/c1-8-7-9(5-6-11(8)16)14(19)17-13-10(15)3-2-4-12(13)18(20)21/h2-7H,16H2,1H3,(H,17,19). The van der Waals surface area contributed by atoms with E-state index >= 15 is 0 Å². The number of carbonyl (C=O) groups is 1. The van der Waals surface area contributed by atoms with E-state index in [1.165, 1.54) is 18.2 Å². The summed E-state index contributed by atoms with van der Waals surface area (Å²) in [7, 11) is 0. The number of nitrogens with one attached hydrogen (secondary N) is 1. The van der Waals surface area contributed by atoms with Crippen molar-refractivity contribution in [3.63, 3.8) is 0 Å². The molecule has 21 heavy (non-hydrogen) atoms. The van der Waals surface area contributed by atoms with Gasteiger partial charge in [0.1, 0.15) is 0 Å². The Morgan fingerprint density at radius 2 is 2.05 bits per heavy atom. The maximum Gasteiger partial charge on any atom is 0.295 e. The molecule has 0 atom stereocenters. The molecule has 0 radical (unpaired) electrons. The molecule has 0 aromatic heterocycles. The van der Waals surface area contributed by atoms with E-state index in [0.717, 1.165) is 12.1 Å². The number of nitro benzene ring substituents is 1. The Bertz CT molecular complexity index is 731. The molecule has 2 aromatic rings. The van der Waals surface area contributed by atoms with Gasteiger partial charge >= 0.3 is 0 Å². The SMILES string of the molecule is Cc1cc(C(=O)Nc2c(F)cccc2[N+](=O)[O-])ccc1N. The quantitative estimate of drug-likeness (QED) is 0.515. The summed E-state index contributed by atoms with van der Waals surface area (Å²) >= 11 is 0. The summed E-state index contributed by atoms with van der Waals surface area (Å²) in [5.41, 5.74) is 6.13. The third-order valence-corrected chi connectivity index (χ3v) is 2.96. The molecule has 1 amide bonds. The Labute approximate surface area is 119 Å². The van der Waals surface area contributed by atoms with E-state index in [4.69, 9.17) is 5.73 Å². The lowest BCUT2D eigenvalue weighted by Crippen LogP contribution is -2.14. The number of hydrogen-bond acceptors (Lipinski definition) is 4. The van der Waals surface area contributed by atoms with Crippen LogP contribution >= 0.6 is 0 Å². The second-order valence-corrected chi connectivity index (χ2v) is 4.42. The molecule has 2 aromatic carbocycles. The molecule has 0 bridgehead atoms. The Morgan fingerprint density at radius 1 is 1.33 bits per heavy atom. The minimum Gasteiger partial charge on any atom is -0.399 e. The molecule has 0 saturated carbocycles. The van der Waals surface area contributed by atoms with Crippen molar-refractivity contribution in [2.75, 3.05) is 11.1 Å². The largest absolute Gasteiger partial charge is 0.399 e. The van der Waals surface area contributed by atoms with E-state index in [1.54, 1.807) is 13.0 Å². The first-order chi connectivity index (χ1) is 9.90. The predicted octanol–water partition coefficient (Wildman–Crippen LogP) is 2.88. The van der Waals surface area contributed by atoms with Gasteiger partial charge in [-0.25, -0.2) is 4.39 Å². The smallest absolute Gasteiger partial charge is 0.295 e. The van der Waals surface area contributed by atoms with Crippen molar-refractivity contribution >= 4 is 23.0 Å². The number of amides is 1. The Hall–Kier alpha value is -2.96. The van der Waals surface area contributed by atoms with E-state index in [1.807, 2.05) is 0 Å². The van der Waals surface area contributed by atoms with Crippen LogP contribution in [0.1, 0.15) is 15.9 Å². The van der Waals surface area contributed by atoms with Crippen molar-refractivity contribution in [1.29, 1.82) is 0 Å². The maximum absolute atomic E-state index is 13.7. The van der Waals surface area contributed by atoms with Gasteiger partial charge in [-0.15, -0.1) is 0 Å². The first-order valence-electron chi connectivity index (χ1n) is 6.00. The van der Waals surface area contributed by atoms with Gasteiger partial charge in [0, 0.05) is 17.3 Å². The molecule has 108 valence electrons. The zero-order valence-corrected chi connectivity index (χ0v) is 11.1. The van der Waals surface area contributed by atoms with Crippen LogP contribution in [0.25, 0.3) is 0 Å². The van der Waals surface area contributed by atoms with E-state index < -0.39 is 28.0 Å². The summed E-state index contributed by atoms with van der Waals surface area (Å²) in [6.07, 6.45) is 0. The lowest BCUT2D eigenvalue weighted by molar-refractivity contribution is -0.384. The molecule has 3 N–H and O–H groups in total. The van der Waals surface area contributed by atoms with Gasteiger partial charge in [-0.2, -0.15) is 0 Å². The van der Waals surface area contributed by atoms with Gasteiger partial charge in [-0.3, -0.25) is 14.9 Å². The topological polar surface area (TPSA) is 98.3 Å². The van der Waals surface area contributed by atoms with E-state index in [9.17, 15) is 19.3 Å². The molecule has 7 heteroatoms. The normalized spacial score (nSPS) is 10.2. The number of carbonyl (C=O) groups excluding carboxylic acids is 1. The minimum absolute atomic E-state index is 0.235. The molecule has 0 aliphatic heterocycles. The highest BCUT2D eigenvalue weighted by molar-refractivity contribution is 6.05. The number of aryl methyl sites for hydroxylation is 1. The van der Waals surface area contributed by atoms with Crippen molar-refractivity contribution < 1.29 is 14.1 Å². The Kier molecular flexibility index (Phi) is 3.84. The summed E-state index contributed by atoms with van der Waals surface area (Å²) in [5.74, 6) is -1.52. The fourth-order valence-electron chi connectivity index (χ4n) is 1.79. The van der Waals surface area contributed by atoms with Crippen LogP contribution in [0.15, 0.2) is 36.4 Å². The molecule has 0 fully saturated rings. The highest BCUT2D eigenvalue weighted by Gasteiger charge is 2.20. The second kappa shape index (κ2) is 5.58. The third-order valence-electron chi connectivity index (χ3n) is 2.96. The Morgan fingerprint density at radius 3 is 2.67 bits per heavy atom. The minimum atomic E-state index is -0.871. The summed E-state index contributed by atoms with van der Waals surface area (Å²) < 4.78 is 13.7. The van der Waals surface area contributed by atoms with Crippen LogP contribution in [0.3, 0.4) is 0 Å². The van der Waals surface area contributed by atoms with E-state index in [-0.39, 0.29) is 5.56 Å². The zero-order valence-electron chi connectivity index (χ0n) is 11.1. The third kappa shape index (κ3) is 2.97. The van der Waals surface area contributed by atoms with Crippen molar-refractivity contribution in [3.8, 4) is 0 Å². The van der Waals surface area contributed by atoms with Gasteiger partial charge in [0.15, 0.2) is 11.5 Å². The molecule has 0 spiro atoms. The zero-order chi connectivity index (χ0) is 15.6. The van der Waals surface area contributed by atoms with E-state index in [0.29, 0.717) is 11.3 Å². The van der Waals surface area contributed by atoms with Crippen LogP contribution in [0, 0.1) is 22.9 Å². The van der Waals surface area contributed by atoms with E-state index in [2.05, 4.69) is 5.32 Å². The summed E-state index contributed by atoms with van der Waals surface area (Å²) in [6.45, 7) is 1.72. The first-order valence-corrected chi connectivity index (χ1v) is 6.00. The fourth-order valence-corrected chi connectivity index (χ4v) is 1.79. The van der Waals surface area contributed by atoms with Gasteiger partial charge < -0.3 is 11.1 Å². The number of nitro groups is 1. The molecular weight excluding hydrogens is 277 g/mol. The number of anilines is 2. The number of nitrogens with two attached hydrogens (primary N) is 1. The summed E-state index contributed by atoms with van der Waals surface area (Å²) in [6, 6.07) is 7.89. The molecule has 0 aliphatic rings. The van der Waals surface area contributed by atoms with Crippen molar-refractivity contribution in [1.82, 2.24) is 0 Å². The molecule has 0 heterocycles. The highest BCUT2D eigenvalue weighted by atomic mass is 19.1. The first kappa shape index (κ1) is 14.4. The van der Waals surface area contributed by atoms with Crippen LogP contribution in [0.4, 0.5) is 21.5 Å². The number of nitrogens with zero attached hydrogens (tertiary/aromatic N) is 1. The molecule has 0 unspecified atom stereocenters. The number of hydrogen-bond donors (Lipinski definition) is 2. The number of benzene rings is 2. The van der Waals surface area contributed by atoms with Crippen LogP contribution < -0.4 is 11.1 Å². The van der Waals surface area contributed by atoms with Gasteiger partial charge in [0.05, 0.1) is 4.92 Å². The second-order valence-electron chi connectivity index (χ2n) is 4.42. The molecule has 6 nitrogen and oxygen atoms in total. The number of para-hydroxylation sites is 1. The fraction of sp³-hybridized carbons (Fsp3) is 0.0714. The van der Waals surface area contributed by atoms with Gasteiger partial charge in [-0.05, 0) is 36.8 Å². The highest BCUT2D eigenvalue weighted by Crippen LogP contribution is 2.27. The maximum atomic E-state index is 13.7. The average Bonchev–Trinajstić information content (AvgIpc) is 2.43. The molecule has 2 rings (SSSR count). The van der Waals surface area contributed by atoms with Gasteiger partial charge in [0.25, 0.3) is 11.6 Å². The molecule has 0 aliphatic carbocycles. The monoisotopic (exact) mass is 289 g/mol. The molecule has 0 saturated heterocycles. The summed E-state index contributed by atoms with van der Waals surface area (Å²) in [5, 5.41) is 13.1. The van der Waals surface area contributed by atoms with Crippen molar-refractivity contribution in [2.45, 2.75) is 6.92 Å². The molecular formula is C14H12FN3O3. The average molecular weight is 289 g/mol. The lowest BCUT2D eigenvalue weighted by Gasteiger charge is -2.08.